The number of carbonyl (C=O) groups excluding carboxylic acids is 11. The first-order valence-corrected chi connectivity index (χ1v) is 40.4. The number of rotatable bonds is 19. The predicted octanol–water partition coefficient (Wildman–Crippen LogP) is 11.6. The van der Waals surface area contributed by atoms with Crippen molar-refractivity contribution in [2.45, 2.75) is 157 Å². The van der Waals surface area contributed by atoms with Crippen molar-refractivity contribution < 1.29 is 71.7 Å². The van der Waals surface area contributed by atoms with Crippen molar-refractivity contribution in [2.75, 3.05) is 75.4 Å². The third-order valence-corrected chi connectivity index (χ3v) is 25.4. The first-order valence-electron chi connectivity index (χ1n) is 39.7. The van der Waals surface area contributed by atoms with Crippen LogP contribution >= 0.6 is 35.6 Å². The highest BCUT2D eigenvalue weighted by Gasteiger charge is 2.65. The molecule has 30 heteroatoms. The van der Waals surface area contributed by atoms with Crippen molar-refractivity contribution in [3.8, 4) is 29.1 Å². The molecule has 6 aromatic rings. The Morgan fingerprint density at radius 1 is 0.529 bits per heavy atom. The number of imide groups is 4. The Labute approximate surface area is 708 Å². The number of piperazine rings is 2. The zero-order valence-corrected chi connectivity index (χ0v) is 69.2. The van der Waals surface area contributed by atoms with Crippen LogP contribution in [0, 0.1) is 51.4 Å². The number of hydrogen-bond acceptors (Lipinski definition) is 20. The fourth-order valence-electron chi connectivity index (χ4n) is 18.9. The number of ketones is 1. The molecule has 4 saturated carbocycles. The van der Waals surface area contributed by atoms with Crippen LogP contribution < -0.4 is 55.3 Å². The lowest BCUT2D eigenvalue weighted by atomic mass is 9.49. The van der Waals surface area contributed by atoms with Crippen LogP contribution in [0.1, 0.15) is 182 Å². The highest BCUT2D eigenvalue weighted by Crippen LogP contribution is 2.57. The van der Waals surface area contributed by atoms with Crippen molar-refractivity contribution in [3.63, 3.8) is 0 Å². The number of anilines is 2. The molecule has 0 spiro atoms. The highest BCUT2D eigenvalue weighted by molar-refractivity contribution is 6.33. The van der Waals surface area contributed by atoms with Crippen LogP contribution in [0.25, 0.3) is 4.85 Å². The van der Waals surface area contributed by atoms with Gasteiger partial charge in [-0.25, -0.2) is 4.85 Å². The molecule has 2 atom stereocenters. The molecule has 16 rings (SSSR count). The normalized spacial score (nSPS) is 24.2. The van der Waals surface area contributed by atoms with Gasteiger partial charge >= 0.3 is 0 Å². The van der Waals surface area contributed by atoms with Crippen LogP contribution in [0.2, 0.25) is 10.0 Å². The quantitative estimate of drug-likeness (QED) is 0.0371. The lowest BCUT2D eigenvalue weighted by Crippen LogP contribution is -2.74. The summed E-state index contributed by atoms with van der Waals surface area (Å²) in [5, 5.41) is 24.2. The summed E-state index contributed by atoms with van der Waals surface area (Å²) in [7, 11) is 0. The van der Waals surface area contributed by atoms with Crippen LogP contribution in [0.15, 0.2) is 121 Å². The standard InChI is InChI=1S/C44H47ClN6O7.C26H31ClN4O2.C18H16N2O6.CH4.ClH/c1-43(2)41(44(3,4)42(43)58-31-10-7-27(23-46)34(45)22-31)48-37(53)26-5-8-28(9-6-26)49-15-17-50(18-16-49)29-19-25(20-29)24-57-30-11-12-32-33(21-30)40(56)51(39(32)55)35-13-14-36(52)47-38(35)54;1-25(2)23(26(3,4)24(25)33-19-10-11-21(28-5)20(27)16-19)30-22(32)17-6-8-18(9-7-17)31-14-12-29-13-15-31;21-10-5-9(6-10)8-26-11-1-2-12-13(7-11)18(25)20(17(12)24)14-3-4-15(22)19-16(14)23;;/h5-12,21-22,25,29,35,41-42H,13-20,24H2,1-4H3,(H,48,53)(H,47,52,54);6-11,16,23-24,29H,12-15H2,1-4H3,(H,30,32);1-2,7,9,14H,3-6,8H2,(H,19,22,23);1H4;1H. The van der Waals surface area contributed by atoms with Crippen molar-refractivity contribution in [1.82, 2.24) is 41.3 Å². The average molecular weight is 1680 g/mol. The summed E-state index contributed by atoms with van der Waals surface area (Å²) in [4.78, 5) is 149. The number of nitrogens with zero attached hydrogens (tertiary/aromatic N) is 7. The molecule has 0 bridgehead atoms. The lowest BCUT2D eigenvalue weighted by molar-refractivity contribution is -0.164. The summed E-state index contributed by atoms with van der Waals surface area (Å²) in [6.45, 7) is 32.4. The molecule has 10 amide bonds. The maximum absolute atomic E-state index is 13.5. The summed E-state index contributed by atoms with van der Waals surface area (Å²) in [6, 6.07) is 35.7. The molecule has 6 aliphatic heterocycles. The molecular formula is C89H99Cl3N12O15. The van der Waals surface area contributed by atoms with Gasteiger partial charge < -0.3 is 44.7 Å². The third-order valence-electron chi connectivity index (χ3n) is 24.8. The summed E-state index contributed by atoms with van der Waals surface area (Å²) in [6.07, 6.45) is 3.12. The van der Waals surface area contributed by atoms with Crippen molar-refractivity contribution in [3.05, 3.63) is 182 Å². The number of carbonyl (C=O) groups is 11. The van der Waals surface area contributed by atoms with Gasteiger partial charge in [-0.1, -0.05) is 92.1 Å². The van der Waals surface area contributed by atoms with E-state index >= 15 is 0 Å². The van der Waals surface area contributed by atoms with Gasteiger partial charge in [0.1, 0.15) is 59.1 Å². The second-order valence-corrected chi connectivity index (χ2v) is 35.0. The largest absolute Gasteiger partial charge is 0.493 e. The van der Waals surface area contributed by atoms with Crippen molar-refractivity contribution in [1.29, 1.82) is 5.26 Å². The van der Waals surface area contributed by atoms with Gasteiger partial charge in [0.25, 0.3) is 35.4 Å². The molecule has 27 nitrogen and oxygen atoms in total. The average Bonchev–Trinajstić information content (AvgIpc) is 1.62. The fraction of sp³-hybridized carbons (Fsp3) is 0.449. The Hall–Kier alpha value is -10.9. The monoisotopic (exact) mass is 1680 g/mol. The zero-order chi connectivity index (χ0) is 83.3. The first kappa shape index (κ1) is 87.4. The molecule has 8 fully saturated rings. The van der Waals surface area contributed by atoms with Gasteiger partial charge in [0.05, 0.1) is 57.6 Å². The second kappa shape index (κ2) is 35.2. The molecule has 626 valence electrons. The van der Waals surface area contributed by atoms with E-state index in [-0.39, 0.29) is 137 Å². The zero-order valence-electron chi connectivity index (χ0n) is 66.9. The highest BCUT2D eigenvalue weighted by atomic mass is 35.5. The molecular weight excluding hydrogens is 1580 g/mol. The Bertz CT molecular complexity index is 5060. The Kier molecular flexibility index (Phi) is 25.8. The smallest absolute Gasteiger partial charge is 0.262 e. The van der Waals surface area contributed by atoms with Crippen molar-refractivity contribution in [2.24, 2.45) is 33.5 Å². The summed E-state index contributed by atoms with van der Waals surface area (Å²) in [5.74, 6) is -1.52. The van der Waals surface area contributed by atoms with E-state index in [2.05, 4.69) is 108 Å². The molecule has 119 heavy (non-hydrogen) atoms. The SMILES string of the molecule is C.CC1(C)C(NC(=O)c2ccc(N3CCN(C4CC(COc5ccc6c(c5)C(=O)N(C5CCC(=O)NC5=O)C6=O)C4)CC3)cc2)C(C)(C)C1Oc1ccc(C#N)c(Cl)c1.Cl.O=C1CC(COc2ccc3c(c2)C(=O)N(C2CCC(=O)NC2=O)C3=O)C1.[C-]#[N+]c1ccc(OC2C(C)(C)C(NC(=O)c3ccc(N4CCNCC4)cc3)C2(C)C)cc1Cl. The van der Waals surface area contributed by atoms with Gasteiger partial charge in [-0.2, -0.15) is 5.26 Å². The van der Waals surface area contributed by atoms with E-state index in [1.807, 2.05) is 48.5 Å². The number of ether oxygens (including phenoxy) is 4. The van der Waals surface area contributed by atoms with E-state index in [0.717, 1.165) is 86.4 Å². The first-order chi connectivity index (χ1) is 55.7. The topological polar surface area (TPSA) is 329 Å². The maximum atomic E-state index is 13.5. The number of piperidine rings is 2. The Morgan fingerprint density at radius 3 is 1.35 bits per heavy atom. The number of Topliss-reactive ketones (excluding diaryl/α,β-unsaturated/α-hetero) is 1. The van der Waals surface area contributed by atoms with Crippen molar-refractivity contribution >= 4 is 118 Å². The molecule has 6 heterocycles. The number of benzene rings is 6. The number of nitriles is 1. The lowest BCUT2D eigenvalue weighted by Gasteiger charge is -2.63. The van der Waals surface area contributed by atoms with E-state index in [1.165, 1.54) is 12.1 Å². The van der Waals surface area contributed by atoms with Crippen LogP contribution in [-0.4, -0.2) is 188 Å². The summed E-state index contributed by atoms with van der Waals surface area (Å²) >= 11 is 12.4. The molecule has 10 aliphatic rings. The molecule has 0 aromatic heterocycles. The van der Waals surface area contributed by atoms with Gasteiger partial charge in [0.15, 0.2) is 0 Å². The van der Waals surface area contributed by atoms with E-state index in [9.17, 15) is 58.0 Å². The number of fused-ring (bicyclic) bond motifs is 2. The number of nitrogens with one attached hydrogen (secondary N) is 5. The minimum Gasteiger partial charge on any atom is -0.493 e. The molecule has 4 aliphatic carbocycles. The number of halogens is 3. The van der Waals surface area contributed by atoms with E-state index < -0.39 is 59.3 Å². The molecule has 2 unspecified atom stereocenters. The number of amides is 10. The minimum absolute atomic E-state index is 0. The van der Waals surface area contributed by atoms with E-state index in [0.29, 0.717) is 93.4 Å². The third kappa shape index (κ3) is 17.6. The summed E-state index contributed by atoms with van der Waals surface area (Å²) < 4.78 is 24.4. The Balaban J connectivity index is 0.000000180. The van der Waals surface area contributed by atoms with Gasteiger partial charge in [-0.3, -0.25) is 78.1 Å². The van der Waals surface area contributed by atoms with E-state index in [4.69, 9.17) is 48.7 Å². The van der Waals surface area contributed by atoms with Crippen LogP contribution in [-0.2, 0) is 24.0 Å². The van der Waals surface area contributed by atoms with Gasteiger partial charge in [0.2, 0.25) is 29.3 Å². The minimum atomic E-state index is -0.999. The molecule has 5 N–H and O–H groups in total. The van der Waals surface area contributed by atoms with Crippen LogP contribution in [0.4, 0.5) is 17.1 Å². The van der Waals surface area contributed by atoms with Crippen LogP contribution in [0.3, 0.4) is 0 Å². The van der Waals surface area contributed by atoms with Gasteiger partial charge in [-0.15, -0.1) is 12.4 Å². The fourth-order valence-corrected chi connectivity index (χ4v) is 19.3. The van der Waals surface area contributed by atoms with E-state index in [1.54, 1.807) is 60.7 Å². The molecule has 6 aromatic carbocycles. The van der Waals surface area contributed by atoms with Gasteiger partial charge in [-0.05, 0) is 141 Å². The van der Waals surface area contributed by atoms with Gasteiger partial charge in [0, 0.05) is 152 Å². The predicted molar refractivity (Wildman–Crippen MR) is 448 cm³/mol. The maximum Gasteiger partial charge on any atom is 0.262 e. The summed E-state index contributed by atoms with van der Waals surface area (Å²) in [5.41, 5.74) is 3.86. The Morgan fingerprint density at radius 2 is 0.941 bits per heavy atom. The molecule has 4 saturated heterocycles. The molecule has 0 radical (unpaired) electrons. The number of hydrogen-bond donors (Lipinski definition) is 5. The van der Waals surface area contributed by atoms with Crippen LogP contribution in [0.5, 0.6) is 23.0 Å². The second-order valence-electron chi connectivity index (χ2n) is 34.2.